The third-order valence-electron chi connectivity index (χ3n) is 8.95. The molecule has 0 fully saturated rings. The molecule has 1 aliphatic rings. The minimum Gasteiger partial charge on any atom is -0.309 e. The summed E-state index contributed by atoms with van der Waals surface area (Å²) in [7, 11) is 0. The molecule has 2 heteroatoms. The molecule has 0 bridgehead atoms. The Bertz CT molecular complexity index is 2310. The number of aromatic nitrogens is 1. The van der Waals surface area contributed by atoms with E-state index < -0.39 is 0 Å². The first-order chi connectivity index (χ1) is 19.1. The lowest BCUT2D eigenvalue weighted by Gasteiger charge is -2.23. The van der Waals surface area contributed by atoms with Crippen molar-refractivity contribution in [3.05, 3.63) is 126 Å². The summed E-state index contributed by atoms with van der Waals surface area (Å²) in [6.07, 6.45) is 0. The Labute approximate surface area is 230 Å². The molecule has 0 N–H and O–H groups in total. The molecule has 6 aromatic carbocycles. The molecule has 0 aliphatic heterocycles. The SMILES string of the molecule is CC1(C)c2ccccc2-c2ccc3cc4c5ccccc5n(-c5ccc6sc7ccccc7c6c5)c4cc3c21. The summed E-state index contributed by atoms with van der Waals surface area (Å²) in [5.74, 6) is 0. The van der Waals surface area contributed by atoms with Crippen LogP contribution in [0.5, 0.6) is 0 Å². The van der Waals surface area contributed by atoms with Crippen LogP contribution in [0.4, 0.5) is 0 Å². The summed E-state index contributed by atoms with van der Waals surface area (Å²) < 4.78 is 5.16. The summed E-state index contributed by atoms with van der Waals surface area (Å²) in [4.78, 5) is 0. The van der Waals surface area contributed by atoms with E-state index in [9.17, 15) is 0 Å². The van der Waals surface area contributed by atoms with Gasteiger partial charge in [0.05, 0.1) is 11.0 Å². The minimum absolute atomic E-state index is 0.0511. The molecule has 0 spiro atoms. The summed E-state index contributed by atoms with van der Waals surface area (Å²) >= 11 is 1.87. The molecule has 1 nitrogen and oxygen atoms in total. The second-order valence-electron chi connectivity index (χ2n) is 11.4. The second-order valence-corrected chi connectivity index (χ2v) is 12.5. The summed E-state index contributed by atoms with van der Waals surface area (Å²) in [6.45, 7) is 4.76. The molecule has 0 radical (unpaired) electrons. The van der Waals surface area contributed by atoms with Crippen molar-refractivity contribution in [3.8, 4) is 16.8 Å². The van der Waals surface area contributed by atoms with Gasteiger partial charge in [-0.1, -0.05) is 86.6 Å². The molecule has 1 aliphatic carbocycles. The largest absolute Gasteiger partial charge is 0.309 e. The van der Waals surface area contributed by atoms with Crippen molar-refractivity contribution in [2.24, 2.45) is 0 Å². The van der Waals surface area contributed by atoms with E-state index in [-0.39, 0.29) is 5.41 Å². The summed E-state index contributed by atoms with van der Waals surface area (Å²) in [5, 5.41) is 7.94. The lowest BCUT2D eigenvalue weighted by atomic mass is 9.80. The van der Waals surface area contributed by atoms with Crippen molar-refractivity contribution in [2.45, 2.75) is 19.3 Å². The number of rotatable bonds is 1. The highest BCUT2D eigenvalue weighted by molar-refractivity contribution is 7.25. The quantitative estimate of drug-likeness (QED) is 0.205. The maximum atomic E-state index is 2.48. The monoisotopic (exact) mass is 515 g/mol. The standard InChI is InChI=1S/C37H25NS/c1-37(2)31-12-6-3-9-24(31)27-17-15-22-19-29-25-10-4-7-13-32(25)38(33(29)21-28(22)36(27)37)23-16-18-35-30(20-23)26-11-5-8-14-34(26)39-35/h3-21H,1-2H3. The Morgan fingerprint density at radius 3 is 2.23 bits per heavy atom. The van der Waals surface area contributed by atoms with Crippen LogP contribution in [0, 0.1) is 0 Å². The maximum Gasteiger partial charge on any atom is 0.0547 e. The van der Waals surface area contributed by atoms with E-state index in [4.69, 9.17) is 0 Å². The Morgan fingerprint density at radius 1 is 0.538 bits per heavy atom. The fourth-order valence-corrected chi connectivity index (χ4v) is 8.30. The van der Waals surface area contributed by atoms with E-state index in [1.165, 1.54) is 80.7 Å². The van der Waals surface area contributed by atoms with Crippen molar-refractivity contribution >= 4 is 64.1 Å². The zero-order valence-corrected chi connectivity index (χ0v) is 22.6. The van der Waals surface area contributed by atoms with Crippen LogP contribution in [0.1, 0.15) is 25.0 Å². The van der Waals surface area contributed by atoms with Crippen molar-refractivity contribution in [2.75, 3.05) is 0 Å². The van der Waals surface area contributed by atoms with Gasteiger partial charge in [-0.05, 0) is 75.5 Å². The third-order valence-corrected chi connectivity index (χ3v) is 10.1. The van der Waals surface area contributed by atoms with Gasteiger partial charge in [0, 0.05) is 42.0 Å². The number of benzene rings is 6. The zero-order valence-electron chi connectivity index (χ0n) is 21.8. The first-order valence-corrected chi connectivity index (χ1v) is 14.4. The van der Waals surface area contributed by atoms with E-state index >= 15 is 0 Å². The van der Waals surface area contributed by atoms with Crippen LogP contribution < -0.4 is 0 Å². The highest BCUT2D eigenvalue weighted by Gasteiger charge is 2.36. The predicted molar refractivity (Wildman–Crippen MR) is 169 cm³/mol. The summed E-state index contributed by atoms with van der Waals surface area (Å²) in [6, 6.07) is 43.1. The first kappa shape index (κ1) is 21.5. The van der Waals surface area contributed by atoms with E-state index in [1.807, 2.05) is 11.3 Å². The molecular formula is C37H25NS. The first-order valence-electron chi connectivity index (χ1n) is 13.6. The van der Waals surface area contributed by atoms with Gasteiger partial charge in [0.1, 0.15) is 0 Å². The number of hydrogen-bond donors (Lipinski definition) is 0. The van der Waals surface area contributed by atoms with Gasteiger partial charge in [0.15, 0.2) is 0 Å². The van der Waals surface area contributed by atoms with E-state index in [2.05, 4.69) is 134 Å². The highest BCUT2D eigenvalue weighted by atomic mass is 32.1. The molecular weight excluding hydrogens is 490 g/mol. The molecule has 39 heavy (non-hydrogen) atoms. The average molecular weight is 516 g/mol. The van der Waals surface area contributed by atoms with Gasteiger partial charge >= 0.3 is 0 Å². The van der Waals surface area contributed by atoms with Crippen LogP contribution in [-0.2, 0) is 5.41 Å². The van der Waals surface area contributed by atoms with Crippen LogP contribution in [-0.4, -0.2) is 4.57 Å². The maximum absolute atomic E-state index is 2.48. The number of thiophene rings is 1. The van der Waals surface area contributed by atoms with Crippen LogP contribution in [0.25, 0.3) is 69.6 Å². The van der Waals surface area contributed by atoms with Gasteiger partial charge in [-0.25, -0.2) is 0 Å². The predicted octanol–water partition coefficient (Wildman–Crippen LogP) is 10.6. The fraction of sp³-hybridized carbons (Fsp3) is 0.0811. The normalized spacial score (nSPS) is 14.1. The Balaban J connectivity index is 1.41. The number of para-hydroxylation sites is 1. The number of nitrogens with zero attached hydrogens (tertiary/aromatic N) is 1. The molecule has 2 aromatic heterocycles. The van der Waals surface area contributed by atoms with Crippen molar-refractivity contribution in [3.63, 3.8) is 0 Å². The summed E-state index contributed by atoms with van der Waals surface area (Å²) in [5.41, 5.74) is 9.29. The van der Waals surface area contributed by atoms with Crippen LogP contribution in [0.3, 0.4) is 0 Å². The second kappa shape index (κ2) is 7.37. The van der Waals surface area contributed by atoms with Crippen LogP contribution in [0.2, 0.25) is 0 Å². The molecule has 0 amide bonds. The van der Waals surface area contributed by atoms with E-state index in [0.29, 0.717) is 0 Å². The highest BCUT2D eigenvalue weighted by Crippen LogP contribution is 2.52. The zero-order chi connectivity index (χ0) is 25.9. The fourth-order valence-electron chi connectivity index (χ4n) is 7.21. The van der Waals surface area contributed by atoms with E-state index in [0.717, 1.165) is 0 Å². The lowest BCUT2D eigenvalue weighted by Crippen LogP contribution is -2.15. The minimum atomic E-state index is -0.0511. The van der Waals surface area contributed by atoms with Gasteiger partial charge in [-0.2, -0.15) is 0 Å². The number of fused-ring (bicyclic) bond motifs is 11. The molecule has 0 saturated heterocycles. The van der Waals surface area contributed by atoms with Gasteiger partial charge in [0.25, 0.3) is 0 Å². The Hall–Kier alpha value is -4.40. The van der Waals surface area contributed by atoms with Crippen molar-refractivity contribution < 1.29 is 0 Å². The molecule has 0 atom stereocenters. The van der Waals surface area contributed by atoms with Gasteiger partial charge < -0.3 is 4.57 Å². The van der Waals surface area contributed by atoms with Gasteiger partial charge in [-0.3, -0.25) is 0 Å². The lowest BCUT2D eigenvalue weighted by molar-refractivity contribution is 0.666. The molecule has 8 aromatic rings. The average Bonchev–Trinajstić information content (AvgIpc) is 3.57. The molecule has 184 valence electrons. The van der Waals surface area contributed by atoms with Crippen LogP contribution >= 0.6 is 11.3 Å². The van der Waals surface area contributed by atoms with Crippen molar-refractivity contribution in [1.82, 2.24) is 4.57 Å². The van der Waals surface area contributed by atoms with Crippen LogP contribution in [0.15, 0.2) is 115 Å². The molecule has 0 saturated carbocycles. The third kappa shape index (κ3) is 2.74. The molecule has 2 heterocycles. The topological polar surface area (TPSA) is 4.93 Å². The Kier molecular flexibility index (Phi) is 4.07. The van der Waals surface area contributed by atoms with Gasteiger partial charge in [0.2, 0.25) is 0 Å². The van der Waals surface area contributed by atoms with Gasteiger partial charge in [-0.15, -0.1) is 11.3 Å². The molecule has 0 unspecified atom stereocenters. The smallest absolute Gasteiger partial charge is 0.0547 e. The van der Waals surface area contributed by atoms with E-state index in [1.54, 1.807) is 0 Å². The number of hydrogen-bond acceptors (Lipinski definition) is 1. The Morgan fingerprint density at radius 2 is 1.31 bits per heavy atom. The molecule has 9 rings (SSSR count). The van der Waals surface area contributed by atoms with Crippen molar-refractivity contribution in [1.29, 1.82) is 0 Å².